The van der Waals surface area contributed by atoms with Crippen LogP contribution < -0.4 is 5.56 Å². The minimum absolute atomic E-state index is 0.0662. The Hall–Kier alpha value is -3.49. The number of carbonyl (C=O) groups excluding carboxylic acids is 1. The van der Waals surface area contributed by atoms with Gasteiger partial charge < -0.3 is 19.9 Å². The van der Waals surface area contributed by atoms with E-state index in [1.54, 1.807) is 22.2 Å². The summed E-state index contributed by atoms with van der Waals surface area (Å²) >= 11 is 0. The number of aromatic amines is 1. The molecule has 4 heterocycles. The van der Waals surface area contributed by atoms with Crippen LogP contribution in [-0.2, 0) is 19.5 Å². The summed E-state index contributed by atoms with van der Waals surface area (Å²) < 4.78 is 0. The van der Waals surface area contributed by atoms with Crippen molar-refractivity contribution in [2.45, 2.75) is 25.6 Å². The molecule has 176 valence electrons. The molecule has 2 N–H and O–H groups in total. The number of aliphatic hydroxyl groups is 1. The molecular formula is C26H29N5O3. The Labute approximate surface area is 198 Å². The third kappa shape index (κ3) is 5.03. The molecule has 8 nitrogen and oxygen atoms in total. The second-order valence-corrected chi connectivity index (χ2v) is 9.04. The normalized spacial score (nSPS) is 17.1. The Balaban J connectivity index is 1.13. The predicted molar refractivity (Wildman–Crippen MR) is 129 cm³/mol. The van der Waals surface area contributed by atoms with E-state index in [0.717, 1.165) is 36.3 Å². The van der Waals surface area contributed by atoms with Gasteiger partial charge in [0.05, 0.1) is 18.3 Å². The summed E-state index contributed by atoms with van der Waals surface area (Å²) in [6.45, 7) is 4.29. The van der Waals surface area contributed by atoms with E-state index < -0.39 is 6.10 Å². The summed E-state index contributed by atoms with van der Waals surface area (Å²) in [6, 6.07) is 15.5. The van der Waals surface area contributed by atoms with Gasteiger partial charge >= 0.3 is 6.03 Å². The van der Waals surface area contributed by atoms with Crippen molar-refractivity contribution in [2.75, 3.05) is 32.7 Å². The lowest BCUT2D eigenvalue weighted by molar-refractivity contribution is 0.0812. The molecule has 2 aliphatic rings. The fourth-order valence-corrected chi connectivity index (χ4v) is 4.78. The predicted octanol–water partition coefficient (Wildman–Crippen LogP) is 2.09. The maximum Gasteiger partial charge on any atom is 0.320 e. The highest BCUT2D eigenvalue weighted by molar-refractivity contribution is 5.76. The first-order chi connectivity index (χ1) is 16.5. The van der Waals surface area contributed by atoms with Crippen LogP contribution in [0.1, 0.15) is 16.8 Å². The molecule has 34 heavy (non-hydrogen) atoms. The van der Waals surface area contributed by atoms with Crippen LogP contribution in [-0.4, -0.2) is 74.6 Å². The van der Waals surface area contributed by atoms with Gasteiger partial charge in [0.2, 0.25) is 5.56 Å². The standard InChI is InChI=1S/C26H29N5O3/c32-24(17-29-10-8-19-3-1-2-4-22(19)15-29)18-31-12-11-30(26(31)34)16-23-6-5-21(14-28-23)20-7-9-27-25(33)13-20/h1-7,9,13-14,24,32H,8,10-12,15-18H2,(H,27,33)/t24-/m1/s1. The quantitative estimate of drug-likeness (QED) is 0.565. The van der Waals surface area contributed by atoms with Crippen molar-refractivity contribution in [1.82, 2.24) is 24.7 Å². The van der Waals surface area contributed by atoms with E-state index in [-0.39, 0.29) is 11.6 Å². The first-order valence-electron chi connectivity index (χ1n) is 11.7. The van der Waals surface area contributed by atoms with Crippen molar-refractivity contribution in [3.8, 4) is 11.1 Å². The molecule has 2 aliphatic heterocycles. The zero-order chi connectivity index (χ0) is 23.5. The van der Waals surface area contributed by atoms with E-state index in [1.807, 2.05) is 18.2 Å². The van der Waals surface area contributed by atoms with Crippen molar-refractivity contribution in [3.05, 3.63) is 88.1 Å². The van der Waals surface area contributed by atoms with Crippen LogP contribution >= 0.6 is 0 Å². The molecule has 0 radical (unpaired) electrons. The van der Waals surface area contributed by atoms with E-state index in [2.05, 4.69) is 39.1 Å². The lowest BCUT2D eigenvalue weighted by atomic mass is 10.00. The molecule has 0 unspecified atom stereocenters. The molecule has 0 spiro atoms. The first-order valence-corrected chi connectivity index (χ1v) is 11.7. The number of amides is 2. The number of carbonyl (C=O) groups is 1. The van der Waals surface area contributed by atoms with Gasteiger partial charge in [-0.3, -0.25) is 14.7 Å². The van der Waals surface area contributed by atoms with Crippen molar-refractivity contribution < 1.29 is 9.90 Å². The summed E-state index contributed by atoms with van der Waals surface area (Å²) in [4.78, 5) is 37.3. The number of pyridine rings is 2. The molecule has 1 atom stereocenters. The Morgan fingerprint density at radius 2 is 1.76 bits per heavy atom. The highest BCUT2D eigenvalue weighted by Crippen LogP contribution is 2.20. The number of aliphatic hydroxyl groups excluding tert-OH is 1. The van der Waals surface area contributed by atoms with Gasteiger partial charge in [0.15, 0.2) is 0 Å². The molecule has 8 heteroatoms. The summed E-state index contributed by atoms with van der Waals surface area (Å²) in [5.74, 6) is 0. The van der Waals surface area contributed by atoms with Crippen LogP contribution in [0.5, 0.6) is 0 Å². The maximum absolute atomic E-state index is 12.9. The Morgan fingerprint density at radius 1 is 0.941 bits per heavy atom. The number of nitrogens with zero attached hydrogens (tertiary/aromatic N) is 4. The number of aromatic nitrogens is 2. The summed E-state index contributed by atoms with van der Waals surface area (Å²) in [5.41, 5.74) is 5.00. The number of benzene rings is 1. The highest BCUT2D eigenvalue weighted by Gasteiger charge is 2.30. The van der Waals surface area contributed by atoms with E-state index in [0.29, 0.717) is 32.7 Å². The van der Waals surface area contributed by atoms with Gasteiger partial charge in [0.1, 0.15) is 0 Å². The zero-order valence-corrected chi connectivity index (χ0v) is 19.1. The number of H-pyrrole nitrogens is 1. The highest BCUT2D eigenvalue weighted by atomic mass is 16.3. The van der Waals surface area contributed by atoms with Gasteiger partial charge in [0, 0.05) is 63.3 Å². The molecule has 1 saturated heterocycles. The smallest absolute Gasteiger partial charge is 0.320 e. The van der Waals surface area contributed by atoms with Gasteiger partial charge in [-0.15, -0.1) is 0 Å². The fraction of sp³-hybridized carbons (Fsp3) is 0.346. The summed E-state index contributed by atoms with van der Waals surface area (Å²) in [7, 11) is 0. The molecule has 1 fully saturated rings. The number of β-amino-alcohol motifs (C(OH)–C–C–N with tert-alkyl or cyclic N) is 1. The van der Waals surface area contributed by atoms with E-state index in [1.165, 1.54) is 17.2 Å². The van der Waals surface area contributed by atoms with Gasteiger partial charge in [-0.2, -0.15) is 0 Å². The zero-order valence-electron chi connectivity index (χ0n) is 19.1. The van der Waals surface area contributed by atoms with Crippen LogP contribution in [0.4, 0.5) is 4.79 Å². The largest absolute Gasteiger partial charge is 0.390 e. The van der Waals surface area contributed by atoms with Crippen LogP contribution in [0.15, 0.2) is 65.7 Å². The summed E-state index contributed by atoms with van der Waals surface area (Å²) in [5, 5.41) is 10.7. The molecule has 0 aliphatic carbocycles. The minimum Gasteiger partial charge on any atom is -0.390 e. The average molecular weight is 460 g/mol. The Morgan fingerprint density at radius 3 is 2.56 bits per heavy atom. The minimum atomic E-state index is -0.583. The molecule has 0 bridgehead atoms. The second kappa shape index (κ2) is 9.79. The van der Waals surface area contributed by atoms with Crippen molar-refractivity contribution in [3.63, 3.8) is 0 Å². The van der Waals surface area contributed by atoms with Crippen LogP contribution in [0.2, 0.25) is 0 Å². The van der Waals surface area contributed by atoms with Crippen LogP contribution in [0.25, 0.3) is 11.1 Å². The van der Waals surface area contributed by atoms with Gasteiger partial charge in [-0.05, 0) is 35.2 Å². The third-order valence-electron chi connectivity index (χ3n) is 6.58. The van der Waals surface area contributed by atoms with Gasteiger partial charge in [0.25, 0.3) is 0 Å². The third-order valence-corrected chi connectivity index (χ3v) is 6.58. The first kappa shape index (κ1) is 22.3. The van der Waals surface area contributed by atoms with Crippen molar-refractivity contribution in [2.24, 2.45) is 0 Å². The number of hydrogen-bond acceptors (Lipinski definition) is 5. The van der Waals surface area contributed by atoms with Crippen molar-refractivity contribution >= 4 is 6.03 Å². The number of fused-ring (bicyclic) bond motifs is 1. The SMILES string of the molecule is O=C1N(Cc2ccc(-c3cc[nH]c(=O)c3)cn2)CCN1C[C@H](O)CN1CCc2ccccc2C1. The Kier molecular flexibility index (Phi) is 6.42. The second-order valence-electron chi connectivity index (χ2n) is 9.04. The molecule has 3 aromatic rings. The number of hydrogen-bond donors (Lipinski definition) is 2. The molecule has 2 aromatic heterocycles. The lowest BCUT2D eigenvalue weighted by Gasteiger charge is -2.31. The average Bonchev–Trinajstić information content (AvgIpc) is 3.18. The van der Waals surface area contributed by atoms with Gasteiger partial charge in [-0.25, -0.2) is 4.79 Å². The van der Waals surface area contributed by atoms with Crippen molar-refractivity contribution in [1.29, 1.82) is 0 Å². The summed E-state index contributed by atoms with van der Waals surface area (Å²) in [6.07, 6.45) is 3.75. The molecule has 5 rings (SSSR count). The number of urea groups is 1. The van der Waals surface area contributed by atoms with Gasteiger partial charge in [-0.1, -0.05) is 30.3 Å². The van der Waals surface area contributed by atoms with E-state index in [4.69, 9.17) is 0 Å². The van der Waals surface area contributed by atoms with E-state index in [9.17, 15) is 14.7 Å². The molecule has 0 saturated carbocycles. The van der Waals surface area contributed by atoms with E-state index >= 15 is 0 Å². The number of nitrogens with one attached hydrogen (secondary N) is 1. The van der Waals surface area contributed by atoms with Crippen LogP contribution in [0, 0.1) is 0 Å². The molecule has 1 aromatic carbocycles. The Bertz CT molecular complexity index is 1210. The lowest BCUT2D eigenvalue weighted by Crippen LogP contribution is -2.43. The number of rotatable bonds is 7. The maximum atomic E-state index is 12.9. The molecular weight excluding hydrogens is 430 g/mol. The topological polar surface area (TPSA) is 92.8 Å². The molecule has 2 amide bonds. The van der Waals surface area contributed by atoms with Crippen LogP contribution in [0.3, 0.4) is 0 Å². The monoisotopic (exact) mass is 459 g/mol. The fourth-order valence-electron chi connectivity index (χ4n) is 4.78.